The van der Waals surface area contributed by atoms with E-state index in [4.69, 9.17) is 0 Å². The van der Waals surface area contributed by atoms with Crippen LogP contribution in [0.5, 0.6) is 0 Å². The van der Waals surface area contributed by atoms with Gasteiger partial charge >= 0.3 is 0 Å². The van der Waals surface area contributed by atoms with Crippen molar-refractivity contribution in [2.24, 2.45) is 11.3 Å². The molecule has 0 heterocycles. The van der Waals surface area contributed by atoms with Crippen molar-refractivity contribution in [3.63, 3.8) is 0 Å². The van der Waals surface area contributed by atoms with Gasteiger partial charge < -0.3 is 0 Å². The van der Waals surface area contributed by atoms with Gasteiger partial charge in [-0.05, 0) is 12.3 Å². The molecule has 0 bridgehead atoms. The van der Waals surface area contributed by atoms with Crippen LogP contribution in [0.1, 0.15) is 47.5 Å². The van der Waals surface area contributed by atoms with Crippen molar-refractivity contribution in [3.8, 4) is 0 Å². The lowest BCUT2D eigenvalue weighted by molar-refractivity contribution is -0.105. The van der Waals surface area contributed by atoms with Gasteiger partial charge in [0.05, 0.1) is 0 Å². The Balaban J connectivity index is 4.05. The van der Waals surface area contributed by atoms with Gasteiger partial charge in [0, 0.05) is 11.8 Å². The van der Waals surface area contributed by atoms with Crippen LogP contribution >= 0.6 is 0 Å². The first-order valence-electron chi connectivity index (χ1n) is 4.54. The van der Waals surface area contributed by atoms with Crippen molar-refractivity contribution in [1.29, 1.82) is 0 Å². The van der Waals surface area contributed by atoms with E-state index in [1.165, 1.54) is 0 Å². The predicted octanol–water partition coefficient (Wildman–Crippen LogP) is 4.10. The molecule has 0 aliphatic carbocycles. The van der Waals surface area contributed by atoms with Crippen molar-refractivity contribution >= 4 is 0 Å². The fourth-order valence-electron chi connectivity index (χ4n) is 0.845. The summed E-state index contributed by atoms with van der Waals surface area (Å²) in [4.78, 5) is 0. The molecule has 2 heteroatoms. The van der Waals surface area contributed by atoms with Gasteiger partial charge in [0.25, 0.3) is 5.92 Å². The van der Waals surface area contributed by atoms with Crippen LogP contribution in [0, 0.1) is 11.3 Å². The van der Waals surface area contributed by atoms with Gasteiger partial charge in [-0.2, -0.15) is 0 Å². The van der Waals surface area contributed by atoms with E-state index < -0.39 is 11.3 Å². The zero-order chi connectivity index (χ0) is 9.99. The summed E-state index contributed by atoms with van der Waals surface area (Å²) < 4.78 is 26.6. The average molecular weight is 178 g/mol. The lowest BCUT2D eigenvalue weighted by Crippen LogP contribution is -2.33. The van der Waals surface area contributed by atoms with Crippen LogP contribution in [-0.4, -0.2) is 5.92 Å². The molecule has 0 saturated heterocycles. The van der Waals surface area contributed by atoms with E-state index in [0.29, 0.717) is 12.3 Å². The van der Waals surface area contributed by atoms with E-state index in [9.17, 15) is 8.78 Å². The normalized spacial score (nSPS) is 14.0. The second kappa shape index (κ2) is 3.71. The van der Waals surface area contributed by atoms with Crippen molar-refractivity contribution in [2.45, 2.75) is 53.4 Å². The second-order valence-electron chi connectivity index (χ2n) is 4.89. The highest BCUT2D eigenvalue weighted by Gasteiger charge is 2.42. The highest BCUT2D eigenvalue weighted by atomic mass is 19.3. The zero-order valence-corrected chi connectivity index (χ0v) is 8.75. The minimum Gasteiger partial charge on any atom is -0.206 e. The van der Waals surface area contributed by atoms with Gasteiger partial charge in [-0.15, -0.1) is 0 Å². The molecule has 0 radical (unpaired) electrons. The fourth-order valence-corrected chi connectivity index (χ4v) is 0.845. The molecule has 0 amide bonds. The molecule has 0 aliphatic rings. The Morgan fingerprint density at radius 3 is 1.75 bits per heavy atom. The van der Waals surface area contributed by atoms with Crippen molar-refractivity contribution < 1.29 is 8.78 Å². The molecule has 0 spiro atoms. The van der Waals surface area contributed by atoms with Gasteiger partial charge in [-0.3, -0.25) is 0 Å². The van der Waals surface area contributed by atoms with Crippen molar-refractivity contribution in [1.82, 2.24) is 0 Å². The van der Waals surface area contributed by atoms with Crippen LogP contribution in [0.15, 0.2) is 0 Å². The summed E-state index contributed by atoms with van der Waals surface area (Å²) in [5.41, 5.74) is -0.901. The predicted molar refractivity (Wildman–Crippen MR) is 48.5 cm³/mol. The fraction of sp³-hybridized carbons (Fsp3) is 1.00. The number of rotatable bonds is 3. The monoisotopic (exact) mass is 178 g/mol. The van der Waals surface area contributed by atoms with E-state index in [0.717, 1.165) is 0 Å². The summed E-state index contributed by atoms with van der Waals surface area (Å²) in [5, 5.41) is 0. The maximum atomic E-state index is 13.3. The van der Waals surface area contributed by atoms with Crippen LogP contribution in [0.25, 0.3) is 0 Å². The van der Waals surface area contributed by atoms with Crippen LogP contribution in [-0.2, 0) is 0 Å². The maximum absolute atomic E-state index is 13.3. The SMILES string of the molecule is CC(C)CCC(F)(F)C(C)(C)C. The molecule has 0 aromatic carbocycles. The molecule has 0 aromatic rings. The third-order valence-electron chi connectivity index (χ3n) is 2.13. The highest BCUT2D eigenvalue weighted by Crippen LogP contribution is 2.39. The van der Waals surface area contributed by atoms with E-state index in [1.54, 1.807) is 20.8 Å². The summed E-state index contributed by atoms with van der Waals surface area (Å²) in [5.74, 6) is -2.17. The Hall–Kier alpha value is -0.140. The molecule has 74 valence electrons. The minimum absolute atomic E-state index is 0.00810. The largest absolute Gasteiger partial charge is 0.252 e. The molecule has 12 heavy (non-hydrogen) atoms. The summed E-state index contributed by atoms with van der Waals surface area (Å²) in [6.07, 6.45) is 0.610. The third kappa shape index (κ3) is 3.51. The van der Waals surface area contributed by atoms with E-state index in [-0.39, 0.29) is 6.42 Å². The summed E-state index contributed by atoms with van der Waals surface area (Å²) in [6, 6.07) is 0. The van der Waals surface area contributed by atoms with E-state index in [2.05, 4.69) is 0 Å². The van der Waals surface area contributed by atoms with Crippen LogP contribution in [0.4, 0.5) is 8.78 Å². The molecule has 0 fully saturated rings. The average Bonchev–Trinajstić information content (AvgIpc) is 1.81. The number of hydrogen-bond acceptors (Lipinski definition) is 0. The number of halogens is 2. The zero-order valence-electron chi connectivity index (χ0n) is 8.75. The smallest absolute Gasteiger partial charge is 0.206 e. The Bertz CT molecular complexity index is 131. The van der Waals surface area contributed by atoms with Crippen LogP contribution < -0.4 is 0 Å². The van der Waals surface area contributed by atoms with E-state index in [1.807, 2.05) is 13.8 Å². The highest BCUT2D eigenvalue weighted by molar-refractivity contribution is 4.81. The standard InChI is InChI=1S/C10H20F2/c1-8(2)6-7-10(11,12)9(3,4)5/h8H,6-7H2,1-5H3. The minimum atomic E-state index is -2.53. The summed E-state index contributed by atoms with van der Waals surface area (Å²) in [7, 11) is 0. The number of alkyl halides is 2. The third-order valence-corrected chi connectivity index (χ3v) is 2.13. The Kier molecular flexibility index (Phi) is 3.67. The van der Waals surface area contributed by atoms with Gasteiger partial charge in [0.1, 0.15) is 0 Å². The molecule has 0 N–H and O–H groups in total. The molecule has 0 aliphatic heterocycles. The quantitative estimate of drug-likeness (QED) is 0.610. The molecular weight excluding hydrogens is 158 g/mol. The Labute approximate surface area is 74.4 Å². The van der Waals surface area contributed by atoms with Crippen LogP contribution in [0.3, 0.4) is 0 Å². The second-order valence-corrected chi connectivity index (χ2v) is 4.89. The summed E-state index contributed by atoms with van der Waals surface area (Å²) in [6.45, 7) is 8.71. The number of hydrogen-bond donors (Lipinski definition) is 0. The van der Waals surface area contributed by atoms with E-state index >= 15 is 0 Å². The molecule has 0 unspecified atom stereocenters. The van der Waals surface area contributed by atoms with Crippen LogP contribution in [0.2, 0.25) is 0 Å². The summed E-state index contributed by atoms with van der Waals surface area (Å²) >= 11 is 0. The van der Waals surface area contributed by atoms with Gasteiger partial charge in [0.15, 0.2) is 0 Å². The first kappa shape index (κ1) is 11.9. The molecule has 0 saturated carbocycles. The molecule has 0 atom stereocenters. The lowest BCUT2D eigenvalue weighted by Gasteiger charge is -2.30. The maximum Gasteiger partial charge on any atom is 0.252 e. The van der Waals surface area contributed by atoms with Gasteiger partial charge in [-0.1, -0.05) is 34.6 Å². The van der Waals surface area contributed by atoms with Crippen molar-refractivity contribution in [2.75, 3.05) is 0 Å². The molecular formula is C10H20F2. The van der Waals surface area contributed by atoms with Gasteiger partial charge in [0.2, 0.25) is 0 Å². The Morgan fingerprint density at radius 2 is 1.50 bits per heavy atom. The van der Waals surface area contributed by atoms with Crippen molar-refractivity contribution in [3.05, 3.63) is 0 Å². The molecule has 0 nitrogen and oxygen atoms in total. The van der Waals surface area contributed by atoms with Gasteiger partial charge in [-0.25, -0.2) is 8.78 Å². The molecule has 0 rings (SSSR count). The Morgan fingerprint density at radius 1 is 1.08 bits per heavy atom. The lowest BCUT2D eigenvalue weighted by atomic mass is 9.84. The first-order valence-corrected chi connectivity index (χ1v) is 4.54. The molecule has 0 aromatic heterocycles. The topological polar surface area (TPSA) is 0 Å². The first-order chi connectivity index (χ1) is 5.17.